The lowest BCUT2D eigenvalue weighted by atomic mass is 10.0. The molecule has 2 unspecified atom stereocenters. The first kappa shape index (κ1) is 19.6. The summed E-state index contributed by atoms with van der Waals surface area (Å²) in [6.07, 6.45) is 4.67. The monoisotopic (exact) mass is 368 g/mol. The lowest BCUT2D eigenvalue weighted by molar-refractivity contribution is 0.187. The maximum Gasteiger partial charge on any atom is 0.411 e. The number of amides is 1. The van der Waals surface area contributed by atoms with Crippen molar-refractivity contribution in [1.29, 1.82) is 0 Å². The Morgan fingerprint density at radius 3 is 2.71 bits per heavy atom. The SMILES string of the molecule is COC(=O)Nc1cc(C(CCC2CC2)NSC(C)(C)C)ccc1P. The van der Waals surface area contributed by atoms with Gasteiger partial charge in [0.15, 0.2) is 0 Å². The van der Waals surface area contributed by atoms with Crippen LogP contribution in [0.3, 0.4) is 0 Å². The molecule has 24 heavy (non-hydrogen) atoms. The van der Waals surface area contributed by atoms with E-state index in [1.54, 1.807) is 11.9 Å². The summed E-state index contributed by atoms with van der Waals surface area (Å²) >= 11 is 1.77. The molecule has 2 atom stereocenters. The summed E-state index contributed by atoms with van der Waals surface area (Å²) < 4.78 is 8.51. The van der Waals surface area contributed by atoms with Crippen molar-refractivity contribution in [1.82, 2.24) is 4.72 Å². The molecule has 1 saturated carbocycles. The zero-order valence-electron chi connectivity index (χ0n) is 15.0. The van der Waals surface area contributed by atoms with Crippen LogP contribution in [0.25, 0.3) is 0 Å². The van der Waals surface area contributed by atoms with Gasteiger partial charge in [0, 0.05) is 10.8 Å². The third-order valence-corrected chi connectivity index (χ3v) is 5.49. The van der Waals surface area contributed by atoms with Gasteiger partial charge >= 0.3 is 6.09 Å². The Hall–Kier alpha value is -0.770. The third-order valence-electron chi connectivity index (χ3n) is 3.97. The van der Waals surface area contributed by atoms with Gasteiger partial charge in [-0.05, 0) is 56.5 Å². The van der Waals surface area contributed by atoms with Gasteiger partial charge in [0.25, 0.3) is 0 Å². The van der Waals surface area contributed by atoms with Gasteiger partial charge < -0.3 is 4.74 Å². The molecule has 134 valence electrons. The molecule has 1 amide bonds. The van der Waals surface area contributed by atoms with E-state index in [0.717, 1.165) is 23.3 Å². The number of nitrogens with one attached hydrogen (secondary N) is 2. The molecule has 1 aliphatic carbocycles. The first-order chi connectivity index (χ1) is 11.3. The quantitative estimate of drug-likeness (QED) is 0.544. The summed E-state index contributed by atoms with van der Waals surface area (Å²) in [5, 5.41) is 3.74. The Balaban J connectivity index is 2.13. The van der Waals surface area contributed by atoms with Crippen LogP contribution in [0.4, 0.5) is 10.5 Å². The Morgan fingerprint density at radius 1 is 1.42 bits per heavy atom. The third kappa shape index (κ3) is 6.62. The smallest absolute Gasteiger partial charge is 0.411 e. The Morgan fingerprint density at radius 2 is 2.12 bits per heavy atom. The Bertz CT molecular complexity index is 571. The van der Waals surface area contributed by atoms with E-state index < -0.39 is 6.09 Å². The highest BCUT2D eigenvalue weighted by Crippen LogP contribution is 2.37. The fourth-order valence-electron chi connectivity index (χ4n) is 2.41. The van der Waals surface area contributed by atoms with Crippen LogP contribution in [0.5, 0.6) is 0 Å². The number of hydrogen-bond donors (Lipinski definition) is 2. The van der Waals surface area contributed by atoms with Crippen molar-refractivity contribution >= 4 is 38.3 Å². The molecule has 0 aromatic heterocycles. The average Bonchev–Trinajstić information content (AvgIpc) is 3.33. The summed E-state index contributed by atoms with van der Waals surface area (Å²) in [4.78, 5) is 11.5. The lowest BCUT2D eigenvalue weighted by Crippen LogP contribution is -2.23. The van der Waals surface area contributed by atoms with E-state index in [4.69, 9.17) is 4.74 Å². The molecular formula is C18H29N2O2PS. The van der Waals surface area contributed by atoms with Gasteiger partial charge in [-0.25, -0.2) is 4.79 Å². The van der Waals surface area contributed by atoms with Crippen LogP contribution in [0.2, 0.25) is 0 Å². The molecule has 0 saturated heterocycles. The first-order valence-corrected chi connectivity index (χ1v) is 9.86. The van der Waals surface area contributed by atoms with Crippen LogP contribution in [-0.4, -0.2) is 18.0 Å². The van der Waals surface area contributed by atoms with Gasteiger partial charge in [0.05, 0.1) is 12.8 Å². The Kier molecular flexibility index (Phi) is 6.97. The molecule has 6 heteroatoms. The number of rotatable bonds is 7. The number of carbonyl (C=O) groups excluding carboxylic acids is 1. The van der Waals surface area contributed by atoms with Crippen LogP contribution in [0.1, 0.15) is 58.1 Å². The van der Waals surface area contributed by atoms with Gasteiger partial charge in [-0.2, -0.15) is 0 Å². The van der Waals surface area contributed by atoms with E-state index in [1.165, 1.54) is 31.9 Å². The Labute approximate surface area is 152 Å². The molecular weight excluding hydrogens is 339 g/mol. The molecule has 2 N–H and O–H groups in total. The molecule has 0 heterocycles. The second-order valence-electron chi connectivity index (χ2n) is 7.37. The van der Waals surface area contributed by atoms with E-state index in [1.807, 2.05) is 12.1 Å². The zero-order valence-corrected chi connectivity index (χ0v) is 17.0. The van der Waals surface area contributed by atoms with Crippen molar-refractivity contribution in [3.05, 3.63) is 23.8 Å². The van der Waals surface area contributed by atoms with Crippen LogP contribution in [0, 0.1) is 5.92 Å². The number of benzene rings is 1. The highest BCUT2D eigenvalue weighted by molar-refractivity contribution is 7.98. The van der Waals surface area contributed by atoms with E-state index in [0.29, 0.717) is 0 Å². The number of carbonyl (C=O) groups is 1. The summed E-state index contributed by atoms with van der Waals surface area (Å²) in [6, 6.07) is 6.49. The molecule has 0 radical (unpaired) electrons. The van der Waals surface area contributed by atoms with E-state index in [2.05, 4.69) is 46.1 Å². The van der Waals surface area contributed by atoms with Gasteiger partial charge in [0.1, 0.15) is 0 Å². The van der Waals surface area contributed by atoms with E-state index in [-0.39, 0.29) is 10.8 Å². The summed E-state index contributed by atoms with van der Waals surface area (Å²) in [7, 11) is 4.03. The fourth-order valence-corrected chi connectivity index (χ4v) is 3.41. The topological polar surface area (TPSA) is 50.4 Å². The van der Waals surface area contributed by atoms with Crippen LogP contribution < -0.4 is 15.3 Å². The highest BCUT2D eigenvalue weighted by Gasteiger charge is 2.24. The molecule has 1 fully saturated rings. The van der Waals surface area contributed by atoms with Gasteiger partial charge in [0.2, 0.25) is 0 Å². The fraction of sp³-hybridized carbons (Fsp3) is 0.611. The minimum Gasteiger partial charge on any atom is -0.453 e. The predicted molar refractivity (Wildman–Crippen MR) is 107 cm³/mol. The van der Waals surface area contributed by atoms with Gasteiger partial charge in [-0.15, -0.1) is 9.24 Å². The number of ether oxygens (including phenoxy) is 1. The molecule has 1 aliphatic rings. The summed E-state index contributed by atoms with van der Waals surface area (Å²) in [6.45, 7) is 6.62. The second-order valence-corrected chi connectivity index (χ2v) is 9.66. The number of hydrogen-bond acceptors (Lipinski definition) is 4. The summed E-state index contributed by atoms with van der Waals surface area (Å²) in [5.74, 6) is 0.905. The zero-order chi connectivity index (χ0) is 17.7. The van der Waals surface area contributed by atoms with Crippen LogP contribution in [-0.2, 0) is 4.74 Å². The van der Waals surface area contributed by atoms with E-state index in [9.17, 15) is 4.79 Å². The van der Waals surface area contributed by atoms with Gasteiger partial charge in [-0.3, -0.25) is 10.0 Å². The van der Waals surface area contributed by atoms with Crippen molar-refractivity contribution in [2.75, 3.05) is 12.4 Å². The maximum absolute atomic E-state index is 11.5. The van der Waals surface area contributed by atoms with Crippen molar-refractivity contribution in [3.63, 3.8) is 0 Å². The van der Waals surface area contributed by atoms with E-state index >= 15 is 0 Å². The molecule has 1 aromatic carbocycles. The molecule has 0 bridgehead atoms. The van der Waals surface area contributed by atoms with Crippen LogP contribution in [0.15, 0.2) is 18.2 Å². The van der Waals surface area contributed by atoms with Crippen molar-refractivity contribution in [2.45, 2.75) is 57.2 Å². The number of anilines is 1. The minimum atomic E-state index is -0.442. The maximum atomic E-state index is 11.5. The highest BCUT2D eigenvalue weighted by atomic mass is 32.2. The van der Waals surface area contributed by atoms with Crippen molar-refractivity contribution in [3.8, 4) is 0 Å². The molecule has 0 spiro atoms. The molecule has 2 rings (SSSR count). The normalized spacial score (nSPS) is 15.9. The number of methoxy groups -OCH3 is 1. The molecule has 1 aromatic rings. The van der Waals surface area contributed by atoms with Crippen molar-refractivity contribution < 1.29 is 9.53 Å². The average molecular weight is 368 g/mol. The van der Waals surface area contributed by atoms with Gasteiger partial charge in [-0.1, -0.05) is 36.9 Å². The molecule has 4 nitrogen and oxygen atoms in total. The lowest BCUT2D eigenvalue weighted by Gasteiger charge is -2.25. The summed E-state index contributed by atoms with van der Waals surface area (Å²) in [5.41, 5.74) is 1.98. The predicted octanol–water partition coefficient (Wildman–Crippen LogP) is 4.63. The standard InChI is InChI=1S/C18H29N2O2PS/c1-18(2,3)24-20-14(9-7-12-5-6-12)13-8-10-16(23)15(11-13)19-17(21)22-4/h8,10-12,14,20H,5-7,9,23H2,1-4H3,(H,19,21). The largest absolute Gasteiger partial charge is 0.453 e. The van der Waals surface area contributed by atoms with Crippen LogP contribution >= 0.6 is 21.2 Å². The van der Waals surface area contributed by atoms with Crippen molar-refractivity contribution in [2.24, 2.45) is 5.92 Å². The second kappa shape index (κ2) is 8.55. The first-order valence-electron chi connectivity index (χ1n) is 8.46. The minimum absolute atomic E-state index is 0.158. The molecule has 0 aliphatic heterocycles.